The number of carbonyl (C=O) groups excluding carboxylic acids is 1. The lowest BCUT2D eigenvalue weighted by molar-refractivity contribution is -0.132. The summed E-state index contributed by atoms with van der Waals surface area (Å²) in [6.45, 7) is 9.08. The van der Waals surface area contributed by atoms with Crippen LogP contribution in [0.5, 0.6) is 0 Å². The summed E-state index contributed by atoms with van der Waals surface area (Å²) in [5.74, 6) is 0.640. The number of fused-ring (bicyclic) bond motifs is 1. The monoisotopic (exact) mass is 498 g/mol. The third kappa shape index (κ3) is 5.17. The first-order valence-corrected chi connectivity index (χ1v) is 12.5. The summed E-state index contributed by atoms with van der Waals surface area (Å²) in [7, 11) is 2.10. The number of hydrogen-bond donors (Lipinski definition) is 1. The predicted octanol–water partition coefficient (Wildman–Crippen LogP) is 2.19. The van der Waals surface area contributed by atoms with Crippen molar-refractivity contribution < 1.29 is 4.79 Å². The molecular formula is C27H30N8O2. The van der Waals surface area contributed by atoms with Crippen molar-refractivity contribution in [1.82, 2.24) is 24.3 Å². The normalized spacial score (nSPS) is 16.3. The number of anilines is 3. The van der Waals surface area contributed by atoms with Gasteiger partial charge in [-0.15, -0.1) is 0 Å². The third-order valence-electron chi connectivity index (χ3n) is 7.14. The van der Waals surface area contributed by atoms with Crippen LogP contribution in [0, 0.1) is 17.2 Å². The van der Waals surface area contributed by atoms with Gasteiger partial charge >= 0.3 is 0 Å². The number of piperazine rings is 1. The lowest BCUT2D eigenvalue weighted by Gasteiger charge is -2.38. The first-order valence-electron chi connectivity index (χ1n) is 12.5. The van der Waals surface area contributed by atoms with Crippen LogP contribution >= 0.6 is 0 Å². The Morgan fingerprint density at radius 2 is 2.00 bits per heavy atom. The average Bonchev–Trinajstić information content (AvgIpc) is 2.89. The standard InChI is InChI=1S/C27H30N8O2/c1-3-24(36)34-17-19(18-34)8-9-35-25(37)7-4-20-16-29-27(31-26(20)35)30-22-5-6-23(21(14-22)15-28)33-12-10-32(2)11-13-33/h3-7,14,16,19H,1,8-13,17-18H2,2H3,(H,29,30,31). The third-order valence-corrected chi connectivity index (χ3v) is 7.14. The van der Waals surface area contributed by atoms with E-state index in [0.717, 1.165) is 43.7 Å². The van der Waals surface area contributed by atoms with E-state index in [4.69, 9.17) is 0 Å². The second kappa shape index (κ2) is 10.4. The van der Waals surface area contributed by atoms with E-state index in [1.165, 1.54) is 12.1 Å². The van der Waals surface area contributed by atoms with E-state index in [0.29, 0.717) is 48.4 Å². The Morgan fingerprint density at radius 1 is 1.22 bits per heavy atom. The van der Waals surface area contributed by atoms with Crippen LogP contribution in [0.1, 0.15) is 12.0 Å². The maximum Gasteiger partial charge on any atom is 0.252 e. The summed E-state index contributed by atoms with van der Waals surface area (Å²) in [6.07, 6.45) is 3.79. The highest BCUT2D eigenvalue weighted by molar-refractivity contribution is 5.87. The zero-order valence-corrected chi connectivity index (χ0v) is 20.9. The van der Waals surface area contributed by atoms with E-state index in [1.807, 2.05) is 18.2 Å². The SMILES string of the molecule is C=CC(=O)N1CC(CCn2c(=O)ccc3cnc(Nc4ccc(N5CCN(C)CC5)c(C#N)c4)nc32)C1. The molecule has 1 aromatic carbocycles. The number of amides is 1. The summed E-state index contributed by atoms with van der Waals surface area (Å²) in [5, 5.41) is 13.7. The second-order valence-corrected chi connectivity index (χ2v) is 9.66. The molecular weight excluding hydrogens is 468 g/mol. The molecule has 1 amide bonds. The first-order chi connectivity index (χ1) is 17.9. The van der Waals surface area contributed by atoms with Gasteiger partial charge in [0.2, 0.25) is 11.9 Å². The number of carbonyl (C=O) groups is 1. The topological polar surface area (TPSA) is 110 Å². The summed E-state index contributed by atoms with van der Waals surface area (Å²) in [6, 6.07) is 11.3. The Balaban J connectivity index is 1.33. The highest BCUT2D eigenvalue weighted by atomic mass is 16.2. The molecule has 2 aliphatic rings. The van der Waals surface area contributed by atoms with Crippen molar-refractivity contribution in [2.75, 3.05) is 56.5 Å². The second-order valence-electron chi connectivity index (χ2n) is 9.66. The average molecular weight is 499 g/mol. The van der Waals surface area contributed by atoms with Gasteiger partial charge in [0.15, 0.2) is 0 Å². The zero-order chi connectivity index (χ0) is 25.9. The fourth-order valence-corrected chi connectivity index (χ4v) is 4.88. The number of likely N-dealkylation sites (tertiary alicyclic amines) is 1. The van der Waals surface area contributed by atoms with Gasteiger partial charge in [0.05, 0.1) is 11.3 Å². The van der Waals surface area contributed by atoms with Gasteiger partial charge in [0.1, 0.15) is 11.7 Å². The van der Waals surface area contributed by atoms with Gasteiger partial charge in [-0.2, -0.15) is 10.2 Å². The van der Waals surface area contributed by atoms with Crippen molar-refractivity contribution >= 4 is 34.3 Å². The molecule has 2 aromatic heterocycles. The van der Waals surface area contributed by atoms with Gasteiger partial charge in [-0.05, 0) is 49.7 Å². The molecule has 0 saturated carbocycles. The number of rotatable bonds is 7. The molecule has 0 atom stereocenters. The molecule has 0 radical (unpaired) electrons. The quantitative estimate of drug-likeness (QED) is 0.494. The molecule has 2 saturated heterocycles. The van der Waals surface area contributed by atoms with Gasteiger partial charge in [-0.25, -0.2) is 4.98 Å². The molecule has 10 nitrogen and oxygen atoms in total. The van der Waals surface area contributed by atoms with Crippen LogP contribution in [-0.4, -0.2) is 76.6 Å². The minimum atomic E-state index is -0.126. The summed E-state index contributed by atoms with van der Waals surface area (Å²) >= 11 is 0. The fourth-order valence-electron chi connectivity index (χ4n) is 4.88. The molecule has 0 aliphatic carbocycles. The van der Waals surface area contributed by atoms with Crippen LogP contribution in [0.3, 0.4) is 0 Å². The van der Waals surface area contributed by atoms with E-state index >= 15 is 0 Å². The highest BCUT2D eigenvalue weighted by Gasteiger charge is 2.29. The molecule has 1 N–H and O–H groups in total. The number of pyridine rings is 1. The molecule has 2 aliphatic heterocycles. The molecule has 5 rings (SSSR count). The van der Waals surface area contributed by atoms with Crippen LogP contribution in [-0.2, 0) is 11.3 Å². The summed E-state index contributed by atoms with van der Waals surface area (Å²) in [5.41, 5.74) is 2.66. The molecule has 4 heterocycles. The smallest absolute Gasteiger partial charge is 0.252 e. The van der Waals surface area contributed by atoms with Crippen molar-refractivity contribution in [2.45, 2.75) is 13.0 Å². The van der Waals surface area contributed by atoms with Gasteiger partial charge in [-0.3, -0.25) is 14.2 Å². The summed E-state index contributed by atoms with van der Waals surface area (Å²) < 4.78 is 1.66. The van der Waals surface area contributed by atoms with Gasteiger partial charge < -0.3 is 20.0 Å². The van der Waals surface area contributed by atoms with Gasteiger partial charge in [0.25, 0.3) is 5.56 Å². The van der Waals surface area contributed by atoms with Gasteiger partial charge in [-0.1, -0.05) is 6.58 Å². The lowest BCUT2D eigenvalue weighted by atomic mass is 9.96. The Hall–Kier alpha value is -4.23. The number of hydrogen-bond acceptors (Lipinski definition) is 8. The molecule has 37 heavy (non-hydrogen) atoms. The molecule has 190 valence electrons. The predicted molar refractivity (Wildman–Crippen MR) is 143 cm³/mol. The largest absolute Gasteiger partial charge is 0.368 e. The summed E-state index contributed by atoms with van der Waals surface area (Å²) in [4.78, 5) is 39.7. The van der Waals surface area contributed by atoms with Crippen molar-refractivity contribution in [3.63, 3.8) is 0 Å². The number of nitrogens with zero attached hydrogens (tertiary/aromatic N) is 7. The van der Waals surface area contributed by atoms with Crippen molar-refractivity contribution in [2.24, 2.45) is 5.92 Å². The van der Waals surface area contributed by atoms with Crippen molar-refractivity contribution in [3.8, 4) is 6.07 Å². The van der Waals surface area contributed by atoms with Gasteiger partial charge in [0, 0.05) is 69.2 Å². The maximum absolute atomic E-state index is 12.7. The van der Waals surface area contributed by atoms with Crippen molar-refractivity contribution in [3.05, 3.63) is 65.1 Å². The molecule has 0 spiro atoms. The van der Waals surface area contributed by atoms with E-state index in [2.05, 4.69) is 44.8 Å². The Kier molecular flexibility index (Phi) is 6.88. The minimum Gasteiger partial charge on any atom is -0.368 e. The molecule has 2 fully saturated rings. The van der Waals surface area contributed by atoms with E-state index < -0.39 is 0 Å². The number of aromatic nitrogens is 3. The Bertz CT molecular complexity index is 1430. The number of nitrogens with one attached hydrogen (secondary N) is 1. The van der Waals surface area contributed by atoms with E-state index in [9.17, 15) is 14.9 Å². The van der Waals surface area contributed by atoms with Crippen molar-refractivity contribution in [1.29, 1.82) is 5.26 Å². The number of aryl methyl sites for hydroxylation is 1. The molecule has 3 aromatic rings. The maximum atomic E-state index is 12.7. The molecule has 0 unspecified atom stereocenters. The lowest BCUT2D eigenvalue weighted by Crippen LogP contribution is -2.49. The molecule has 10 heteroatoms. The van der Waals surface area contributed by atoms with Crippen LogP contribution < -0.4 is 15.8 Å². The minimum absolute atomic E-state index is 0.0573. The Morgan fingerprint density at radius 3 is 2.73 bits per heavy atom. The van der Waals surface area contributed by atoms with Crippen LogP contribution in [0.4, 0.5) is 17.3 Å². The van der Waals surface area contributed by atoms with E-state index in [1.54, 1.807) is 21.7 Å². The number of benzene rings is 1. The van der Waals surface area contributed by atoms with Crippen LogP contribution in [0.25, 0.3) is 11.0 Å². The zero-order valence-electron chi connectivity index (χ0n) is 20.9. The Labute approximate surface area is 215 Å². The fraction of sp³-hybridized carbons (Fsp3) is 0.370. The number of likely N-dealkylation sites (N-methyl/N-ethyl adjacent to an activating group) is 1. The van der Waals surface area contributed by atoms with Crippen LogP contribution in [0.15, 0.2) is 54.0 Å². The molecule has 0 bridgehead atoms. The highest BCUT2D eigenvalue weighted by Crippen LogP contribution is 2.26. The number of nitriles is 1. The van der Waals surface area contributed by atoms with E-state index in [-0.39, 0.29) is 11.5 Å². The first kappa shape index (κ1) is 24.5. The van der Waals surface area contributed by atoms with Crippen LogP contribution in [0.2, 0.25) is 0 Å².